The number of carbonyl (C=O) groups is 2. The lowest BCUT2D eigenvalue weighted by atomic mass is 9.93. The number of nitrogens with two attached hydrogens (primary N) is 1. The Balaban J connectivity index is 2.03. The highest BCUT2D eigenvalue weighted by Crippen LogP contribution is 2.30. The van der Waals surface area contributed by atoms with Crippen molar-refractivity contribution in [3.63, 3.8) is 0 Å². The molecule has 0 spiro atoms. The monoisotopic (exact) mass is 326 g/mol. The third kappa shape index (κ3) is 4.18. The van der Waals surface area contributed by atoms with Gasteiger partial charge in [0.1, 0.15) is 17.3 Å². The molecule has 0 atom stereocenters. The van der Waals surface area contributed by atoms with Gasteiger partial charge in [-0.2, -0.15) is 0 Å². The van der Waals surface area contributed by atoms with Crippen LogP contribution in [-0.4, -0.2) is 31.6 Å². The molecule has 1 amide bonds. The van der Waals surface area contributed by atoms with Crippen LogP contribution in [0.1, 0.15) is 36.5 Å². The van der Waals surface area contributed by atoms with Crippen molar-refractivity contribution in [3.05, 3.63) is 29.3 Å². The standard InChI is InChI=1S/C16H20F2N2O3/c1-2-23-14(21)7-10-3-5-20(6-4-10)15-12(17)8-11(16(19)22)9-13(15)18/h8-10H,2-7H2,1H3,(H2,19,22). The molecule has 1 aliphatic rings. The molecule has 1 aliphatic heterocycles. The summed E-state index contributed by atoms with van der Waals surface area (Å²) in [5.74, 6) is -2.57. The quantitative estimate of drug-likeness (QED) is 0.842. The minimum absolute atomic E-state index is 0.149. The summed E-state index contributed by atoms with van der Waals surface area (Å²) in [6, 6.07) is 1.90. The number of hydrogen-bond donors (Lipinski definition) is 1. The van der Waals surface area contributed by atoms with Gasteiger partial charge >= 0.3 is 5.97 Å². The highest BCUT2D eigenvalue weighted by atomic mass is 19.1. The molecule has 7 heteroatoms. The number of halogens is 2. The first kappa shape index (κ1) is 17.2. The summed E-state index contributed by atoms with van der Waals surface area (Å²) in [6.07, 6.45) is 1.62. The molecule has 1 saturated heterocycles. The van der Waals surface area contributed by atoms with Gasteiger partial charge in [-0.3, -0.25) is 9.59 Å². The number of ether oxygens (including phenoxy) is 1. The molecule has 0 bridgehead atoms. The van der Waals surface area contributed by atoms with Crippen molar-refractivity contribution in [2.45, 2.75) is 26.2 Å². The molecule has 1 fully saturated rings. The van der Waals surface area contributed by atoms with Crippen LogP contribution in [0, 0.1) is 17.6 Å². The van der Waals surface area contributed by atoms with Crippen molar-refractivity contribution in [1.29, 1.82) is 0 Å². The fraction of sp³-hybridized carbons (Fsp3) is 0.500. The van der Waals surface area contributed by atoms with Gasteiger partial charge in [0, 0.05) is 25.1 Å². The summed E-state index contributed by atoms with van der Waals surface area (Å²) in [7, 11) is 0. The lowest BCUT2D eigenvalue weighted by molar-refractivity contribution is -0.144. The van der Waals surface area contributed by atoms with Crippen molar-refractivity contribution in [2.24, 2.45) is 11.7 Å². The molecule has 2 rings (SSSR count). The van der Waals surface area contributed by atoms with E-state index in [4.69, 9.17) is 10.5 Å². The van der Waals surface area contributed by atoms with Gasteiger partial charge in [0.05, 0.1) is 6.61 Å². The SMILES string of the molecule is CCOC(=O)CC1CCN(c2c(F)cc(C(N)=O)cc2F)CC1. The van der Waals surface area contributed by atoms with Crippen molar-refractivity contribution in [3.8, 4) is 0 Å². The maximum atomic E-state index is 14.1. The number of rotatable bonds is 5. The van der Waals surface area contributed by atoms with Crippen LogP contribution in [0.2, 0.25) is 0 Å². The molecular formula is C16H20F2N2O3. The van der Waals surface area contributed by atoms with Gasteiger partial charge in [0.2, 0.25) is 5.91 Å². The number of carbonyl (C=O) groups excluding carboxylic acids is 2. The van der Waals surface area contributed by atoms with Crippen LogP contribution in [-0.2, 0) is 9.53 Å². The number of nitrogens with zero attached hydrogens (tertiary/aromatic N) is 1. The third-order valence-corrected chi connectivity index (χ3v) is 3.99. The second-order valence-electron chi connectivity index (χ2n) is 5.59. The Morgan fingerprint density at radius 2 is 1.83 bits per heavy atom. The van der Waals surface area contributed by atoms with E-state index in [1.807, 2.05) is 0 Å². The summed E-state index contributed by atoms with van der Waals surface area (Å²) < 4.78 is 33.1. The van der Waals surface area contributed by atoms with Crippen LogP contribution in [0.15, 0.2) is 12.1 Å². The first-order valence-electron chi connectivity index (χ1n) is 7.61. The normalized spacial score (nSPS) is 15.5. The van der Waals surface area contributed by atoms with E-state index < -0.39 is 17.5 Å². The average molecular weight is 326 g/mol. The third-order valence-electron chi connectivity index (χ3n) is 3.99. The molecular weight excluding hydrogens is 306 g/mol. The van der Waals surface area contributed by atoms with E-state index in [1.165, 1.54) is 0 Å². The second-order valence-corrected chi connectivity index (χ2v) is 5.59. The minimum Gasteiger partial charge on any atom is -0.466 e. The van der Waals surface area contributed by atoms with E-state index >= 15 is 0 Å². The van der Waals surface area contributed by atoms with E-state index in [9.17, 15) is 18.4 Å². The summed E-state index contributed by atoms with van der Waals surface area (Å²) in [4.78, 5) is 24.1. The van der Waals surface area contributed by atoms with Crippen LogP contribution in [0.4, 0.5) is 14.5 Å². The largest absolute Gasteiger partial charge is 0.466 e. The fourth-order valence-corrected chi connectivity index (χ4v) is 2.83. The highest BCUT2D eigenvalue weighted by Gasteiger charge is 2.26. The van der Waals surface area contributed by atoms with Gasteiger partial charge in [-0.15, -0.1) is 0 Å². The Bertz CT molecular complexity index is 576. The maximum absolute atomic E-state index is 14.1. The van der Waals surface area contributed by atoms with Crippen molar-refractivity contribution < 1.29 is 23.1 Å². The van der Waals surface area contributed by atoms with E-state index in [0.717, 1.165) is 12.1 Å². The van der Waals surface area contributed by atoms with Gasteiger partial charge in [0.15, 0.2) is 0 Å². The van der Waals surface area contributed by atoms with Crippen LogP contribution in [0.3, 0.4) is 0 Å². The molecule has 23 heavy (non-hydrogen) atoms. The van der Waals surface area contributed by atoms with Crippen molar-refractivity contribution >= 4 is 17.6 Å². The number of amides is 1. The lowest BCUT2D eigenvalue weighted by Gasteiger charge is -2.33. The van der Waals surface area contributed by atoms with E-state index in [0.29, 0.717) is 39.0 Å². The Labute approximate surface area is 133 Å². The maximum Gasteiger partial charge on any atom is 0.306 e. The number of esters is 1. The smallest absolute Gasteiger partial charge is 0.306 e. The summed E-state index contributed by atoms with van der Waals surface area (Å²) in [5.41, 5.74) is 4.70. The molecule has 0 aromatic heterocycles. The number of hydrogen-bond acceptors (Lipinski definition) is 4. The molecule has 1 aromatic carbocycles. The van der Waals surface area contributed by atoms with Crippen molar-refractivity contribution in [2.75, 3.05) is 24.6 Å². The zero-order chi connectivity index (χ0) is 17.0. The van der Waals surface area contributed by atoms with E-state index in [2.05, 4.69) is 0 Å². The van der Waals surface area contributed by atoms with Crippen LogP contribution < -0.4 is 10.6 Å². The predicted octanol–water partition coefficient (Wildman–Crippen LogP) is 2.23. The predicted molar refractivity (Wildman–Crippen MR) is 81.1 cm³/mol. The average Bonchev–Trinajstić information content (AvgIpc) is 2.48. The molecule has 0 unspecified atom stereocenters. The lowest BCUT2D eigenvalue weighted by Crippen LogP contribution is -2.35. The second kappa shape index (κ2) is 7.39. The number of primary amides is 1. The van der Waals surface area contributed by atoms with Gasteiger partial charge in [0.25, 0.3) is 0 Å². The topological polar surface area (TPSA) is 72.6 Å². The van der Waals surface area contributed by atoms with E-state index in [1.54, 1.807) is 11.8 Å². The molecule has 0 radical (unpaired) electrons. The number of benzene rings is 1. The Morgan fingerprint density at radius 3 is 2.30 bits per heavy atom. The molecule has 1 heterocycles. The van der Waals surface area contributed by atoms with Gasteiger partial charge < -0.3 is 15.4 Å². The first-order chi connectivity index (χ1) is 10.9. The molecule has 5 nitrogen and oxygen atoms in total. The zero-order valence-corrected chi connectivity index (χ0v) is 13.0. The van der Waals surface area contributed by atoms with Crippen LogP contribution >= 0.6 is 0 Å². The molecule has 1 aromatic rings. The first-order valence-corrected chi connectivity index (χ1v) is 7.61. The summed E-state index contributed by atoms with van der Waals surface area (Å²) in [6.45, 7) is 2.98. The van der Waals surface area contributed by atoms with Gasteiger partial charge in [-0.1, -0.05) is 0 Å². The molecule has 126 valence electrons. The van der Waals surface area contributed by atoms with Gasteiger partial charge in [-0.25, -0.2) is 8.78 Å². The highest BCUT2D eigenvalue weighted by molar-refractivity contribution is 5.93. The van der Waals surface area contributed by atoms with E-state index in [-0.39, 0.29) is 23.1 Å². The Kier molecular flexibility index (Phi) is 5.52. The summed E-state index contributed by atoms with van der Waals surface area (Å²) in [5, 5.41) is 0. The zero-order valence-electron chi connectivity index (χ0n) is 13.0. The Hall–Kier alpha value is -2.18. The summed E-state index contributed by atoms with van der Waals surface area (Å²) >= 11 is 0. The fourth-order valence-electron chi connectivity index (χ4n) is 2.83. The van der Waals surface area contributed by atoms with Crippen LogP contribution in [0.25, 0.3) is 0 Å². The molecule has 0 saturated carbocycles. The minimum atomic E-state index is -0.873. The Morgan fingerprint density at radius 1 is 1.26 bits per heavy atom. The van der Waals surface area contributed by atoms with Crippen LogP contribution in [0.5, 0.6) is 0 Å². The van der Waals surface area contributed by atoms with Crippen molar-refractivity contribution in [1.82, 2.24) is 0 Å². The number of anilines is 1. The molecule has 2 N–H and O–H groups in total. The van der Waals surface area contributed by atoms with Gasteiger partial charge in [-0.05, 0) is 37.8 Å². The number of piperidine rings is 1. The molecule has 0 aliphatic carbocycles.